The Morgan fingerprint density at radius 2 is 0.921 bits per heavy atom. The highest BCUT2D eigenvalue weighted by Gasteiger charge is 2.28. The van der Waals surface area contributed by atoms with Crippen LogP contribution in [0, 0.1) is 0 Å². The average Bonchev–Trinajstić information content (AvgIpc) is 3.33. The van der Waals surface area contributed by atoms with Crippen molar-refractivity contribution in [1.29, 1.82) is 0 Å². The number of carboxylic acid groups (broad SMARTS) is 7. The molecule has 0 saturated carbocycles. The second-order valence-corrected chi connectivity index (χ2v) is 19.6. The largest absolute Gasteiger partial charge is 0.481 e. The molecule has 0 aliphatic carbocycles. The van der Waals surface area contributed by atoms with E-state index in [1.165, 1.54) is 0 Å². The molecule has 1 unspecified atom stereocenters. The lowest BCUT2D eigenvalue weighted by Gasteiger charge is -2.37. The molecule has 1 fully saturated rings. The highest BCUT2D eigenvalue weighted by molar-refractivity contribution is 7.80. The van der Waals surface area contributed by atoms with Gasteiger partial charge in [0.1, 0.15) is 12.1 Å². The lowest BCUT2D eigenvalue weighted by molar-refractivity contribution is -0.142. The molecule has 426 valence electrons. The molecular weight excluding hydrogens is 1020 g/mol. The zero-order chi connectivity index (χ0) is 56.4. The first kappa shape index (κ1) is 65.8. The molecule has 76 heavy (non-hydrogen) atoms. The summed E-state index contributed by atoms with van der Waals surface area (Å²) in [4.78, 5) is 125. The number of benzene rings is 1. The lowest BCUT2D eigenvalue weighted by atomic mass is 9.99. The van der Waals surface area contributed by atoms with Gasteiger partial charge in [-0.1, -0.05) is 55.7 Å². The summed E-state index contributed by atoms with van der Waals surface area (Å²) in [5.41, 5.74) is 1.88. The van der Waals surface area contributed by atoms with Crippen LogP contribution in [0.25, 0.3) is 0 Å². The molecule has 0 bridgehead atoms. The van der Waals surface area contributed by atoms with Gasteiger partial charge in [0, 0.05) is 90.6 Å². The van der Waals surface area contributed by atoms with Crippen LogP contribution in [-0.2, 0) is 56.0 Å². The van der Waals surface area contributed by atoms with Crippen LogP contribution in [0.5, 0.6) is 0 Å². The van der Waals surface area contributed by atoms with Crippen molar-refractivity contribution in [1.82, 2.24) is 40.9 Å². The van der Waals surface area contributed by atoms with Crippen molar-refractivity contribution < 1.29 is 83.7 Å². The van der Waals surface area contributed by atoms with Crippen LogP contribution in [-0.4, -0.2) is 223 Å². The van der Waals surface area contributed by atoms with Gasteiger partial charge in [-0.2, -0.15) is 0 Å². The van der Waals surface area contributed by atoms with E-state index in [4.69, 9.17) is 17.3 Å². The van der Waals surface area contributed by atoms with Gasteiger partial charge >= 0.3 is 47.8 Å². The molecule has 26 heteroatoms. The molecule has 1 aliphatic rings. The number of carboxylic acids is 7. The molecule has 2 rings (SSSR count). The lowest BCUT2D eigenvalue weighted by Crippen LogP contribution is -2.53. The Balaban J connectivity index is 1.70. The zero-order valence-corrected chi connectivity index (χ0v) is 44.0. The number of thiocarbonyl (C=S) groups is 1. The number of unbranched alkanes of at least 4 members (excludes halogenated alkanes) is 6. The molecular formula is C50H78N8O17S. The Morgan fingerprint density at radius 1 is 0.487 bits per heavy atom. The normalized spacial score (nSPS) is 15.9. The summed E-state index contributed by atoms with van der Waals surface area (Å²) in [6, 6.07) is 3.44. The summed E-state index contributed by atoms with van der Waals surface area (Å²) in [5.74, 6) is -8.54. The predicted octanol–water partition coefficient (Wildman–Crippen LogP) is 1.44. The van der Waals surface area contributed by atoms with Gasteiger partial charge in [0.05, 0.1) is 26.2 Å². The maximum Gasteiger partial charge on any atom is 0.326 e. The Hall–Kier alpha value is -6.35. The fourth-order valence-corrected chi connectivity index (χ4v) is 8.84. The number of hydrogen-bond acceptors (Lipinski definition) is 15. The molecule has 0 spiro atoms. The van der Waals surface area contributed by atoms with E-state index < -0.39 is 72.4 Å². The van der Waals surface area contributed by atoms with Gasteiger partial charge in [-0.15, -0.1) is 0 Å². The highest BCUT2D eigenvalue weighted by Crippen LogP contribution is 2.16. The van der Waals surface area contributed by atoms with Gasteiger partial charge in [-0.05, 0) is 80.2 Å². The second-order valence-electron chi connectivity index (χ2n) is 19.0. The van der Waals surface area contributed by atoms with Gasteiger partial charge < -0.3 is 57.0 Å². The number of carbonyl (C=O) groups excluding carboxylic acids is 3. The summed E-state index contributed by atoms with van der Waals surface area (Å²) in [6.45, 7) is 0.938. The predicted molar refractivity (Wildman–Crippen MR) is 279 cm³/mol. The SMILES string of the molecule is O=C(O)CC[C@H](NC(=O)N[C@@H](CCCCNC(=O)CCCCCCC(=O)NCCCCCC(=S)Cc1ccc(CC2CN(CC(=O)O)CCN(CC(=O)O)CCN(CC(=O)O)CCN2CC(=O)O)cc1)C(=O)O)C(=O)O. The first-order chi connectivity index (χ1) is 36.1. The van der Waals surface area contributed by atoms with Crippen molar-refractivity contribution in [2.75, 3.05) is 85.1 Å². The van der Waals surface area contributed by atoms with Crippen molar-refractivity contribution in [3.63, 3.8) is 0 Å². The minimum Gasteiger partial charge on any atom is -0.481 e. The number of carbonyl (C=O) groups is 10. The number of nitrogens with zero attached hydrogens (tertiary/aromatic N) is 4. The van der Waals surface area contributed by atoms with Crippen LogP contribution < -0.4 is 21.3 Å². The monoisotopic (exact) mass is 1090 g/mol. The fraction of sp³-hybridized carbons (Fsp3) is 0.660. The summed E-state index contributed by atoms with van der Waals surface area (Å²) < 4.78 is 0. The Morgan fingerprint density at radius 3 is 1.42 bits per heavy atom. The number of amides is 4. The van der Waals surface area contributed by atoms with Crippen LogP contribution in [0.2, 0.25) is 0 Å². The fourth-order valence-electron chi connectivity index (χ4n) is 8.53. The molecule has 1 aromatic rings. The molecule has 1 aromatic carbocycles. The van der Waals surface area contributed by atoms with E-state index in [0.717, 1.165) is 54.5 Å². The van der Waals surface area contributed by atoms with Gasteiger partial charge in [0.2, 0.25) is 11.8 Å². The van der Waals surface area contributed by atoms with Crippen LogP contribution in [0.3, 0.4) is 0 Å². The third kappa shape index (κ3) is 31.5. The molecule has 25 nitrogen and oxygen atoms in total. The summed E-state index contributed by atoms with van der Waals surface area (Å²) >= 11 is 5.70. The van der Waals surface area contributed by atoms with Crippen molar-refractivity contribution >= 4 is 76.7 Å². The van der Waals surface area contributed by atoms with Crippen LogP contribution >= 0.6 is 12.2 Å². The van der Waals surface area contributed by atoms with E-state index in [-0.39, 0.29) is 96.6 Å². The van der Waals surface area contributed by atoms with Crippen LogP contribution in [0.4, 0.5) is 4.79 Å². The number of nitrogens with one attached hydrogen (secondary N) is 4. The standard InChI is InChI=1S/C50H78N8O17S/c59-41(12-5-1-2-6-13-42(60)52-21-9-7-11-39(48(71)72)53-50(75)54-40(49(73)74)18-19-43(61)62)51-20-8-3-4-10-38(76)29-36-16-14-35(15-17-36)28-37-30-57(33-46(67)68)25-24-55(31-44(63)64)22-23-56(32-45(65)66)26-27-58(37)34-47(69)70/h14-17,37,39-40H,1-13,18-34H2,(H,51,59)(H,52,60)(H,61,62)(H,63,64)(H,65,66)(H,67,68)(H,69,70)(H,71,72)(H,73,74)(H2,53,54,75)/t37?,39-,40-/m0/s1. The number of aliphatic carboxylic acids is 7. The minimum atomic E-state index is -1.50. The quantitative estimate of drug-likeness (QED) is 0.0332. The van der Waals surface area contributed by atoms with E-state index in [0.29, 0.717) is 64.5 Å². The molecule has 1 saturated heterocycles. The Bertz CT molecular complexity index is 2070. The van der Waals surface area contributed by atoms with Gasteiger partial charge in [0.15, 0.2) is 0 Å². The summed E-state index contributed by atoms with van der Waals surface area (Å²) in [6.07, 6.45) is 7.62. The third-order valence-electron chi connectivity index (χ3n) is 12.6. The number of hydrogen-bond donors (Lipinski definition) is 11. The van der Waals surface area contributed by atoms with Crippen molar-refractivity contribution in [2.24, 2.45) is 0 Å². The molecule has 3 atom stereocenters. The van der Waals surface area contributed by atoms with Crippen molar-refractivity contribution in [3.05, 3.63) is 35.4 Å². The Labute approximate surface area is 447 Å². The maximum atomic E-state index is 12.4. The molecule has 4 amide bonds. The number of urea groups is 1. The van der Waals surface area contributed by atoms with E-state index in [2.05, 4.69) is 21.3 Å². The highest BCUT2D eigenvalue weighted by atomic mass is 32.1. The van der Waals surface area contributed by atoms with Crippen molar-refractivity contribution in [3.8, 4) is 0 Å². The first-order valence-corrected chi connectivity index (χ1v) is 26.2. The Kier molecular flexibility index (Phi) is 32.4. The summed E-state index contributed by atoms with van der Waals surface area (Å²) in [7, 11) is 0. The van der Waals surface area contributed by atoms with E-state index in [1.54, 1.807) is 19.6 Å². The average molecular weight is 1100 g/mol. The van der Waals surface area contributed by atoms with E-state index in [1.807, 2.05) is 24.3 Å². The van der Waals surface area contributed by atoms with E-state index in [9.17, 15) is 78.6 Å². The van der Waals surface area contributed by atoms with Gasteiger partial charge in [-0.25, -0.2) is 14.4 Å². The molecule has 11 N–H and O–H groups in total. The molecule has 0 aromatic heterocycles. The van der Waals surface area contributed by atoms with Gasteiger partial charge in [-0.3, -0.25) is 53.2 Å². The van der Waals surface area contributed by atoms with Crippen LogP contribution in [0.15, 0.2) is 24.3 Å². The minimum absolute atomic E-state index is 0.0193. The van der Waals surface area contributed by atoms with Crippen molar-refractivity contribution in [2.45, 2.75) is 127 Å². The zero-order valence-electron chi connectivity index (χ0n) is 43.2. The van der Waals surface area contributed by atoms with E-state index >= 15 is 0 Å². The van der Waals surface area contributed by atoms with Gasteiger partial charge in [0.25, 0.3) is 0 Å². The smallest absolute Gasteiger partial charge is 0.326 e. The number of rotatable bonds is 37. The second kappa shape index (κ2) is 37.4. The molecule has 1 aliphatic heterocycles. The maximum absolute atomic E-state index is 12.4. The molecule has 1 heterocycles. The third-order valence-corrected chi connectivity index (χ3v) is 12.9. The summed E-state index contributed by atoms with van der Waals surface area (Å²) in [5, 5.41) is 76.0. The van der Waals surface area contributed by atoms with Crippen LogP contribution in [0.1, 0.15) is 107 Å². The first-order valence-electron chi connectivity index (χ1n) is 25.8. The topological polar surface area (TPSA) is 373 Å². The molecule has 0 radical (unpaired) electrons.